The molecular weight excluding hydrogens is 444 g/mol. The molecule has 1 atom stereocenters. The van der Waals surface area contributed by atoms with Crippen LogP contribution < -0.4 is 9.47 Å². The molecule has 2 aromatic rings. The van der Waals surface area contributed by atoms with Gasteiger partial charge >= 0.3 is 5.97 Å². The molecule has 0 heterocycles. The fraction of sp³-hybridized carbons (Fsp3) is 0.545. The molecular formula is C33H46O3. The number of carbonyl (C=O) groups excluding carboxylic acids is 1. The molecule has 0 aliphatic heterocycles. The minimum absolute atomic E-state index is 0.335. The number of allylic oxidation sites excluding steroid dienone is 2. The fourth-order valence-electron chi connectivity index (χ4n) is 4.93. The third kappa shape index (κ3) is 9.48. The zero-order valence-electron chi connectivity index (χ0n) is 22.7. The Morgan fingerprint density at radius 2 is 1.61 bits per heavy atom. The van der Waals surface area contributed by atoms with Crippen molar-refractivity contribution in [2.75, 3.05) is 6.61 Å². The molecule has 3 heteroatoms. The smallest absolute Gasteiger partial charge is 0.343 e. The van der Waals surface area contributed by atoms with Crippen molar-refractivity contribution in [3.63, 3.8) is 0 Å². The molecule has 0 radical (unpaired) electrons. The summed E-state index contributed by atoms with van der Waals surface area (Å²) in [4.78, 5) is 12.6. The van der Waals surface area contributed by atoms with E-state index in [1.54, 1.807) is 12.1 Å². The number of hydrogen-bond donors (Lipinski definition) is 0. The van der Waals surface area contributed by atoms with Crippen LogP contribution in [0.25, 0.3) is 0 Å². The summed E-state index contributed by atoms with van der Waals surface area (Å²) in [5.74, 6) is 3.23. The zero-order chi connectivity index (χ0) is 25.6. The van der Waals surface area contributed by atoms with Crippen LogP contribution in [-0.2, 0) is 0 Å². The van der Waals surface area contributed by atoms with Gasteiger partial charge in [0.2, 0.25) is 0 Å². The van der Waals surface area contributed by atoms with Crippen molar-refractivity contribution in [1.29, 1.82) is 0 Å². The van der Waals surface area contributed by atoms with E-state index in [1.807, 2.05) is 24.3 Å². The Hall–Kier alpha value is -2.55. The van der Waals surface area contributed by atoms with Crippen molar-refractivity contribution in [2.24, 2.45) is 11.8 Å². The van der Waals surface area contributed by atoms with E-state index >= 15 is 0 Å². The second-order valence-corrected chi connectivity index (χ2v) is 10.5. The first-order chi connectivity index (χ1) is 17.6. The van der Waals surface area contributed by atoms with Gasteiger partial charge in [0.1, 0.15) is 11.5 Å². The second-order valence-electron chi connectivity index (χ2n) is 10.5. The van der Waals surface area contributed by atoms with Gasteiger partial charge in [-0.3, -0.25) is 0 Å². The van der Waals surface area contributed by atoms with Crippen LogP contribution in [0.2, 0.25) is 0 Å². The van der Waals surface area contributed by atoms with Crippen LogP contribution in [0.15, 0.2) is 60.7 Å². The van der Waals surface area contributed by atoms with Crippen LogP contribution in [0, 0.1) is 11.8 Å². The molecule has 0 bridgehead atoms. The molecule has 1 saturated carbocycles. The monoisotopic (exact) mass is 490 g/mol. The summed E-state index contributed by atoms with van der Waals surface area (Å²) in [6.45, 7) is 7.51. The first-order valence-electron chi connectivity index (χ1n) is 14.3. The number of benzene rings is 2. The summed E-state index contributed by atoms with van der Waals surface area (Å²) in [6.07, 6.45) is 18.3. The van der Waals surface area contributed by atoms with E-state index in [0.29, 0.717) is 23.8 Å². The summed E-state index contributed by atoms with van der Waals surface area (Å²) in [6, 6.07) is 15.4. The van der Waals surface area contributed by atoms with E-state index in [4.69, 9.17) is 9.47 Å². The molecule has 0 aromatic heterocycles. The van der Waals surface area contributed by atoms with Crippen molar-refractivity contribution >= 4 is 5.97 Å². The predicted octanol–water partition coefficient (Wildman–Crippen LogP) is 9.52. The lowest BCUT2D eigenvalue weighted by Crippen LogP contribution is -2.12. The molecule has 0 N–H and O–H groups in total. The van der Waals surface area contributed by atoms with E-state index in [0.717, 1.165) is 24.0 Å². The number of hydrogen-bond acceptors (Lipinski definition) is 3. The lowest BCUT2D eigenvalue weighted by molar-refractivity contribution is 0.0734. The highest BCUT2D eigenvalue weighted by molar-refractivity contribution is 5.91. The van der Waals surface area contributed by atoms with Gasteiger partial charge in [-0.05, 0) is 98.2 Å². The third-order valence-corrected chi connectivity index (χ3v) is 7.59. The maximum absolute atomic E-state index is 12.6. The normalized spacial score (nSPS) is 18.8. The Morgan fingerprint density at radius 3 is 2.28 bits per heavy atom. The summed E-state index contributed by atoms with van der Waals surface area (Å²) < 4.78 is 11.5. The maximum Gasteiger partial charge on any atom is 0.343 e. The van der Waals surface area contributed by atoms with Crippen LogP contribution in [-0.4, -0.2) is 12.6 Å². The van der Waals surface area contributed by atoms with Gasteiger partial charge < -0.3 is 9.47 Å². The Labute approximate surface area is 219 Å². The van der Waals surface area contributed by atoms with Gasteiger partial charge in [-0.1, -0.05) is 77.2 Å². The molecule has 2 aromatic carbocycles. The highest BCUT2D eigenvalue weighted by Crippen LogP contribution is 2.37. The van der Waals surface area contributed by atoms with E-state index in [9.17, 15) is 4.79 Å². The van der Waals surface area contributed by atoms with Gasteiger partial charge in [0.05, 0.1) is 12.2 Å². The number of unbranched alkanes of at least 4 members (excludes halogenated alkanes) is 3. The Kier molecular flexibility index (Phi) is 12.1. The Balaban J connectivity index is 1.39. The van der Waals surface area contributed by atoms with Crippen LogP contribution >= 0.6 is 0 Å². The van der Waals surface area contributed by atoms with Crippen LogP contribution in [0.4, 0.5) is 0 Å². The average molecular weight is 491 g/mol. The zero-order valence-corrected chi connectivity index (χ0v) is 22.7. The molecule has 36 heavy (non-hydrogen) atoms. The van der Waals surface area contributed by atoms with Gasteiger partial charge in [-0.25, -0.2) is 4.79 Å². The van der Waals surface area contributed by atoms with E-state index in [-0.39, 0.29) is 5.97 Å². The van der Waals surface area contributed by atoms with Gasteiger partial charge in [-0.2, -0.15) is 0 Å². The Bertz CT molecular complexity index is 905. The molecule has 196 valence electrons. The van der Waals surface area contributed by atoms with E-state index in [2.05, 4.69) is 45.1 Å². The fourth-order valence-corrected chi connectivity index (χ4v) is 4.93. The molecule has 1 fully saturated rings. The molecule has 0 unspecified atom stereocenters. The van der Waals surface area contributed by atoms with E-state index < -0.39 is 0 Å². The minimum Gasteiger partial charge on any atom is -0.494 e. The number of esters is 1. The molecule has 0 spiro atoms. The standard InChI is InChI=1S/C33H46O3/c1-4-6-8-12-27-13-15-28(16-14-27)29-17-23-32(24-18-29)36-33(34)30-19-21-31(22-20-30)35-25-10-7-9-11-26(3)5-2/h8,12,17-24,26-28H,4-7,9-11,13-16,25H2,1-3H3/b12-8+/t26-,27-,28-/m0/s1. The van der Waals surface area contributed by atoms with Crippen molar-refractivity contribution in [3.8, 4) is 11.5 Å². The average Bonchev–Trinajstić information content (AvgIpc) is 2.92. The Morgan fingerprint density at radius 1 is 0.917 bits per heavy atom. The van der Waals surface area contributed by atoms with E-state index in [1.165, 1.54) is 69.8 Å². The van der Waals surface area contributed by atoms with Gasteiger partial charge in [-0.15, -0.1) is 0 Å². The number of rotatable bonds is 14. The van der Waals surface area contributed by atoms with Crippen molar-refractivity contribution < 1.29 is 14.3 Å². The van der Waals surface area contributed by atoms with Gasteiger partial charge in [0, 0.05) is 0 Å². The maximum atomic E-state index is 12.6. The predicted molar refractivity (Wildman–Crippen MR) is 150 cm³/mol. The number of ether oxygens (including phenoxy) is 2. The molecule has 1 aliphatic rings. The lowest BCUT2D eigenvalue weighted by atomic mass is 9.78. The van der Waals surface area contributed by atoms with Crippen molar-refractivity contribution in [1.82, 2.24) is 0 Å². The first-order valence-corrected chi connectivity index (χ1v) is 14.3. The lowest BCUT2D eigenvalue weighted by Gasteiger charge is -2.27. The molecule has 1 aliphatic carbocycles. The number of carbonyl (C=O) groups is 1. The summed E-state index contributed by atoms with van der Waals surface area (Å²) >= 11 is 0. The molecule has 0 saturated heterocycles. The molecule has 3 nitrogen and oxygen atoms in total. The second kappa shape index (κ2) is 15.5. The summed E-state index contributed by atoms with van der Waals surface area (Å²) in [5, 5.41) is 0. The topological polar surface area (TPSA) is 35.5 Å². The summed E-state index contributed by atoms with van der Waals surface area (Å²) in [7, 11) is 0. The first kappa shape index (κ1) is 28.0. The molecule has 3 rings (SSSR count). The van der Waals surface area contributed by atoms with Gasteiger partial charge in [0.15, 0.2) is 0 Å². The quantitative estimate of drug-likeness (QED) is 0.114. The SMILES string of the molecule is CCC/C=C/[C@H]1CC[C@H](c2ccc(OC(=O)c3ccc(OCCCCC[C@@H](C)CC)cc3)cc2)CC1. The van der Waals surface area contributed by atoms with Crippen LogP contribution in [0.5, 0.6) is 11.5 Å². The highest BCUT2D eigenvalue weighted by Gasteiger charge is 2.21. The largest absolute Gasteiger partial charge is 0.494 e. The van der Waals surface area contributed by atoms with Crippen LogP contribution in [0.1, 0.15) is 113 Å². The third-order valence-electron chi connectivity index (χ3n) is 7.59. The minimum atomic E-state index is -0.335. The van der Waals surface area contributed by atoms with Gasteiger partial charge in [0.25, 0.3) is 0 Å². The van der Waals surface area contributed by atoms with Crippen molar-refractivity contribution in [2.45, 2.75) is 97.3 Å². The molecule has 0 amide bonds. The van der Waals surface area contributed by atoms with Crippen molar-refractivity contribution in [3.05, 3.63) is 71.8 Å². The highest BCUT2D eigenvalue weighted by atomic mass is 16.5. The summed E-state index contributed by atoms with van der Waals surface area (Å²) in [5.41, 5.74) is 1.89. The van der Waals surface area contributed by atoms with Crippen LogP contribution in [0.3, 0.4) is 0 Å².